The van der Waals surface area contributed by atoms with Crippen molar-refractivity contribution in [3.63, 3.8) is 0 Å². The third kappa shape index (κ3) is 7.60. The Bertz CT molecular complexity index is 677. The average Bonchev–Trinajstić information content (AvgIpc) is 3.22. The van der Waals surface area contributed by atoms with Crippen LogP contribution in [0.1, 0.15) is 44.6 Å². The second-order valence-electron chi connectivity index (χ2n) is 8.24. The average molecular weight is 536 g/mol. The fraction of sp³-hybridized carbons (Fsp3) is 0.682. The SMILES string of the molecule is CCNC(=NCC(C)c1ccc(F)c(F)c1)NC1CCN(CC2CCOC2)CC1.I. The second kappa shape index (κ2) is 12.8. The topological polar surface area (TPSA) is 48.9 Å². The number of guanidine groups is 1. The van der Waals surface area contributed by atoms with Gasteiger partial charge in [-0.15, -0.1) is 24.0 Å². The molecule has 2 fully saturated rings. The van der Waals surface area contributed by atoms with Crippen LogP contribution < -0.4 is 10.6 Å². The van der Waals surface area contributed by atoms with Crippen molar-refractivity contribution in [3.8, 4) is 0 Å². The monoisotopic (exact) mass is 536 g/mol. The Morgan fingerprint density at radius 1 is 1.23 bits per heavy atom. The van der Waals surface area contributed by atoms with E-state index < -0.39 is 11.6 Å². The van der Waals surface area contributed by atoms with Crippen molar-refractivity contribution in [2.45, 2.75) is 45.1 Å². The third-order valence-electron chi connectivity index (χ3n) is 5.85. The molecule has 0 spiro atoms. The zero-order valence-corrected chi connectivity index (χ0v) is 20.3. The predicted molar refractivity (Wildman–Crippen MR) is 128 cm³/mol. The number of nitrogens with one attached hydrogen (secondary N) is 2. The minimum Gasteiger partial charge on any atom is -0.381 e. The Morgan fingerprint density at radius 3 is 2.63 bits per heavy atom. The Kier molecular flexibility index (Phi) is 10.7. The molecule has 2 saturated heterocycles. The van der Waals surface area contributed by atoms with E-state index in [-0.39, 0.29) is 29.9 Å². The first kappa shape index (κ1) is 25.3. The molecular weight excluding hydrogens is 501 g/mol. The molecule has 0 radical (unpaired) electrons. The molecule has 170 valence electrons. The van der Waals surface area contributed by atoms with E-state index in [1.54, 1.807) is 6.07 Å². The summed E-state index contributed by atoms with van der Waals surface area (Å²) in [5.74, 6) is -0.123. The summed E-state index contributed by atoms with van der Waals surface area (Å²) >= 11 is 0. The van der Waals surface area contributed by atoms with Crippen molar-refractivity contribution >= 4 is 29.9 Å². The second-order valence-corrected chi connectivity index (χ2v) is 8.24. The van der Waals surface area contributed by atoms with E-state index in [9.17, 15) is 8.78 Å². The first-order valence-electron chi connectivity index (χ1n) is 10.8. The van der Waals surface area contributed by atoms with Crippen LogP contribution in [0.15, 0.2) is 23.2 Å². The molecule has 1 aromatic carbocycles. The summed E-state index contributed by atoms with van der Waals surface area (Å²) in [6.45, 7) is 10.5. The van der Waals surface area contributed by atoms with Crippen LogP contribution in [0.25, 0.3) is 0 Å². The largest absolute Gasteiger partial charge is 0.381 e. The van der Waals surface area contributed by atoms with Gasteiger partial charge in [0.1, 0.15) is 0 Å². The van der Waals surface area contributed by atoms with Crippen LogP contribution in [-0.4, -0.2) is 62.8 Å². The molecule has 5 nitrogen and oxygen atoms in total. The number of hydrogen-bond acceptors (Lipinski definition) is 3. The van der Waals surface area contributed by atoms with Gasteiger partial charge >= 0.3 is 0 Å². The number of piperidine rings is 1. The summed E-state index contributed by atoms with van der Waals surface area (Å²) in [7, 11) is 0. The zero-order valence-electron chi connectivity index (χ0n) is 18.0. The Labute approximate surface area is 196 Å². The lowest BCUT2D eigenvalue weighted by atomic mass is 10.0. The van der Waals surface area contributed by atoms with Crippen LogP contribution in [0.3, 0.4) is 0 Å². The summed E-state index contributed by atoms with van der Waals surface area (Å²) in [5.41, 5.74) is 0.757. The van der Waals surface area contributed by atoms with Gasteiger partial charge < -0.3 is 20.3 Å². The van der Waals surface area contributed by atoms with E-state index in [4.69, 9.17) is 4.74 Å². The standard InChI is InChI=1S/C22H34F2N4O.HI/c1-3-25-22(26-13-16(2)18-4-5-20(23)21(24)12-18)27-19-6-9-28(10-7-19)14-17-8-11-29-15-17;/h4-5,12,16-17,19H,3,6-11,13-15H2,1-2H3,(H2,25,26,27);1H. The first-order chi connectivity index (χ1) is 14.0. The zero-order chi connectivity index (χ0) is 20.6. The molecule has 30 heavy (non-hydrogen) atoms. The van der Waals surface area contributed by atoms with E-state index in [0.29, 0.717) is 18.5 Å². The van der Waals surface area contributed by atoms with Crippen LogP contribution in [0.2, 0.25) is 0 Å². The Hall–Kier alpha value is -1.00. The number of hydrogen-bond donors (Lipinski definition) is 2. The van der Waals surface area contributed by atoms with Gasteiger partial charge in [0.15, 0.2) is 17.6 Å². The lowest BCUT2D eigenvalue weighted by molar-refractivity contribution is 0.150. The number of nitrogens with zero attached hydrogens (tertiary/aromatic N) is 2. The van der Waals surface area contributed by atoms with E-state index in [1.807, 2.05) is 13.8 Å². The van der Waals surface area contributed by atoms with Crippen molar-refractivity contribution in [2.75, 3.05) is 45.9 Å². The van der Waals surface area contributed by atoms with Gasteiger partial charge in [0, 0.05) is 51.3 Å². The summed E-state index contributed by atoms with van der Waals surface area (Å²) in [6.07, 6.45) is 3.37. The molecular formula is C22H35F2IN4O. The van der Waals surface area contributed by atoms with Crippen molar-refractivity contribution in [3.05, 3.63) is 35.4 Å². The van der Waals surface area contributed by atoms with Crippen LogP contribution in [0.5, 0.6) is 0 Å². The molecule has 2 atom stereocenters. The van der Waals surface area contributed by atoms with Crippen LogP contribution in [-0.2, 0) is 4.74 Å². The fourth-order valence-corrected chi connectivity index (χ4v) is 4.02. The highest BCUT2D eigenvalue weighted by molar-refractivity contribution is 14.0. The molecule has 2 aliphatic heterocycles. The Morgan fingerprint density at radius 2 is 2.00 bits per heavy atom. The van der Waals surface area contributed by atoms with Crippen molar-refractivity contribution < 1.29 is 13.5 Å². The third-order valence-corrected chi connectivity index (χ3v) is 5.85. The van der Waals surface area contributed by atoms with Crippen molar-refractivity contribution in [1.82, 2.24) is 15.5 Å². The fourth-order valence-electron chi connectivity index (χ4n) is 4.02. The summed E-state index contributed by atoms with van der Waals surface area (Å²) in [4.78, 5) is 7.23. The molecule has 0 amide bonds. The van der Waals surface area contributed by atoms with E-state index in [1.165, 1.54) is 18.6 Å². The molecule has 0 saturated carbocycles. The molecule has 8 heteroatoms. The maximum absolute atomic E-state index is 13.5. The molecule has 2 N–H and O–H groups in total. The van der Waals surface area contributed by atoms with Gasteiger partial charge in [-0.2, -0.15) is 0 Å². The molecule has 2 aliphatic rings. The predicted octanol–water partition coefficient (Wildman–Crippen LogP) is 3.74. The normalized spacial score (nSPS) is 21.9. The number of benzene rings is 1. The van der Waals surface area contributed by atoms with E-state index >= 15 is 0 Å². The van der Waals surface area contributed by atoms with Gasteiger partial charge in [0.05, 0.1) is 6.61 Å². The quantitative estimate of drug-likeness (QED) is 0.317. The number of rotatable bonds is 7. The highest BCUT2D eigenvalue weighted by Crippen LogP contribution is 2.19. The smallest absolute Gasteiger partial charge is 0.191 e. The lowest BCUT2D eigenvalue weighted by Gasteiger charge is -2.34. The number of halogens is 3. The molecule has 0 aromatic heterocycles. The highest BCUT2D eigenvalue weighted by atomic mass is 127. The van der Waals surface area contributed by atoms with Crippen LogP contribution in [0, 0.1) is 17.6 Å². The van der Waals surface area contributed by atoms with E-state index in [2.05, 4.69) is 20.5 Å². The number of likely N-dealkylation sites (tertiary alicyclic amines) is 1. The number of ether oxygens (including phenoxy) is 1. The maximum Gasteiger partial charge on any atom is 0.191 e. The Balaban J connectivity index is 0.00000320. The maximum atomic E-state index is 13.5. The van der Waals surface area contributed by atoms with Crippen molar-refractivity contribution in [1.29, 1.82) is 0 Å². The van der Waals surface area contributed by atoms with E-state index in [0.717, 1.165) is 63.8 Å². The lowest BCUT2D eigenvalue weighted by Crippen LogP contribution is -2.49. The molecule has 0 aliphatic carbocycles. The van der Waals surface area contributed by atoms with Gasteiger partial charge in [-0.1, -0.05) is 13.0 Å². The van der Waals surface area contributed by atoms with Gasteiger partial charge in [-0.05, 0) is 49.8 Å². The summed E-state index contributed by atoms with van der Waals surface area (Å²) in [5, 5.41) is 6.85. The first-order valence-corrected chi connectivity index (χ1v) is 10.8. The molecule has 2 unspecified atom stereocenters. The molecule has 3 rings (SSSR count). The van der Waals surface area contributed by atoms with Gasteiger partial charge in [-0.3, -0.25) is 4.99 Å². The molecule has 1 aromatic rings. The van der Waals surface area contributed by atoms with Crippen LogP contribution in [0.4, 0.5) is 8.78 Å². The minimum absolute atomic E-state index is 0. The van der Waals surface area contributed by atoms with Crippen LogP contribution >= 0.6 is 24.0 Å². The van der Waals surface area contributed by atoms with Gasteiger partial charge in [0.25, 0.3) is 0 Å². The van der Waals surface area contributed by atoms with Crippen molar-refractivity contribution in [2.24, 2.45) is 10.9 Å². The molecule has 0 bridgehead atoms. The number of aliphatic imine (C=N–C) groups is 1. The van der Waals surface area contributed by atoms with Gasteiger partial charge in [0.2, 0.25) is 0 Å². The highest BCUT2D eigenvalue weighted by Gasteiger charge is 2.24. The minimum atomic E-state index is -0.814. The molecule has 2 heterocycles. The van der Waals surface area contributed by atoms with Gasteiger partial charge in [-0.25, -0.2) is 8.78 Å². The summed E-state index contributed by atoms with van der Waals surface area (Å²) in [6, 6.07) is 4.48. The summed E-state index contributed by atoms with van der Waals surface area (Å²) < 4.78 is 32.1.